The van der Waals surface area contributed by atoms with Gasteiger partial charge in [-0.15, -0.1) is 0 Å². The molecule has 0 aromatic heterocycles. The first-order valence-corrected chi connectivity index (χ1v) is 8.78. The second-order valence-electron chi connectivity index (χ2n) is 5.43. The number of methoxy groups -OCH3 is 1. The molecule has 0 amide bonds. The summed E-state index contributed by atoms with van der Waals surface area (Å²) in [7, 11) is 0.0211. The van der Waals surface area contributed by atoms with Gasteiger partial charge in [-0.2, -0.15) is 4.31 Å². The second-order valence-corrected chi connectivity index (χ2v) is 7.37. The van der Waals surface area contributed by atoms with Crippen LogP contribution in [0.3, 0.4) is 0 Å². The van der Waals surface area contributed by atoms with Crippen LogP contribution < -0.4 is 10.1 Å². The molecule has 1 aromatic carbocycles. The molecule has 118 valence electrons. The van der Waals surface area contributed by atoms with Gasteiger partial charge in [0.1, 0.15) is 5.75 Å². The van der Waals surface area contributed by atoms with Crippen LogP contribution >= 0.6 is 0 Å². The molecule has 1 aliphatic heterocycles. The van der Waals surface area contributed by atoms with Crippen molar-refractivity contribution in [3.05, 3.63) is 23.8 Å². The monoisotopic (exact) mass is 312 g/mol. The Balaban J connectivity index is 2.30. The van der Waals surface area contributed by atoms with Crippen molar-refractivity contribution in [2.24, 2.45) is 5.92 Å². The number of nitrogens with one attached hydrogen (secondary N) is 1. The average Bonchev–Trinajstić information content (AvgIpc) is 2.97. The summed E-state index contributed by atoms with van der Waals surface area (Å²) in [6.45, 7) is 3.93. The average molecular weight is 312 g/mol. The number of ether oxygens (including phenoxy) is 1. The fraction of sp³-hybridized carbons (Fsp3) is 0.600. The Labute approximate surface area is 127 Å². The van der Waals surface area contributed by atoms with E-state index in [1.54, 1.807) is 29.6 Å². The molecule has 1 unspecified atom stereocenters. The van der Waals surface area contributed by atoms with Gasteiger partial charge in [-0.25, -0.2) is 8.42 Å². The maximum absolute atomic E-state index is 12.7. The number of rotatable bonds is 6. The van der Waals surface area contributed by atoms with Gasteiger partial charge in [0, 0.05) is 25.2 Å². The lowest BCUT2D eigenvalue weighted by atomic mass is 10.1. The quantitative estimate of drug-likeness (QED) is 0.871. The standard InChI is InChI=1S/C15H24N2O3S/c1-4-12-7-8-17(11-12)21(18,19)14-5-6-15(20-3)13(9-14)10-16-2/h5-6,9,12,16H,4,7-8,10-11H2,1-3H3. The van der Waals surface area contributed by atoms with Gasteiger partial charge in [-0.3, -0.25) is 0 Å². The summed E-state index contributed by atoms with van der Waals surface area (Å²) in [6, 6.07) is 5.07. The van der Waals surface area contributed by atoms with Crippen molar-refractivity contribution >= 4 is 10.0 Å². The second kappa shape index (κ2) is 6.77. The number of benzene rings is 1. The van der Waals surface area contributed by atoms with Crippen LogP contribution in [0.15, 0.2) is 23.1 Å². The molecule has 0 aliphatic carbocycles. The van der Waals surface area contributed by atoms with E-state index in [1.165, 1.54) is 0 Å². The van der Waals surface area contributed by atoms with Crippen molar-refractivity contribution in [1.82, 2.24) is 9.62 Å². The number of sulfonamides is 1. The van der Waals surface area contributed by atoms with Gasteiger partial charge >= 0.3 is 0 Å². The van der Waals surface area contributed by atoms with E-state index in [0.29, 0.717) is 36.2 Å². The lowest BCUT2D eigenvalue weighted by Gasteiger charge is -2.18. The molecule has 1 aliphatic rings. The lowest BCUT2D eigenvalue weighted by Crippen LogP contribution is -2.29. The Hall–Kier alpha value is -1.11. The molecule has 0 spiro atoms. The molecule has 1 N–H and O–H groups in total. The first-order valence-electron chi connectivity index (χ1n) is 7.34. The maximum Gasteiger partial charge on any atom is 0.243 e. The van der Waals surface area contributed by atoms with E-state index in [1.807, 2.05) is 7.05 Å². The molecule has 0 saturated carbocycles. The van der Waals surface area contributed by atoms with Crippen molar-refractivity contribution in [3.8, 4) is 5.75 Å². The largest absolute Gasteiger partial charge is 0.496 e. The Kier molecular flexibility index (Phi) is 5.24. The SMILES string of the molecule is CCC1CCN(S(=O)(=O)c2ccc(OC)c(CNC)c2)C1. The number of hydrogen-bond acceptors (Lipinski definition) is 4. The highest BCUT2D eigenvalue weighted by Crippen LogP contribution is 2.28. The van der Waals surface area contributed by atoms with Crippen LogP contribution in [0, 0.1) is 5.92 Å². The third-order valence-corrected chi connectivity index (χ3v) is 5.94. The highest BCUT2D eigenvalue weighted by molar-refractivity contribution is 7.89. The summed E-state index contributed by atoms with van der Waals surface area (Å²) >= 11 is 0. The lowest BCUT2D eigenvalue weighted by molar-refractivity contribution is 0.407. The van der Waals surface area contributed by atoms with Gasteiger partial charge in [-0.05, 0) is 37.6 Å². The van der Waals surface area contributed by atoms with Crippen LogP contribution in [0.5, 0.6) is 5.75 Å². The molecule has 2 rings (SSSR count). The van der Waals surface area contributed by atoms with E-state index >= 15 is 0 Å². The Morgan fingerprint density at radius 3 is 2.76 bits per heavy atom. The van der Waals surface area contributed by atoms with Crippen LogP contribution in [-0.2, 0) is 16.6 Å². The number of nitrogens with zero attached hydrogens (tertiary/aromatic N) is 1. The van der Waals surface area contributed by atoms with Crippen LogP contribution in [-0.4, -0.2) is 40.0 Å². The Bertz CT molecular complexity index is 587. The van der Waals surface area contributed by atoms with Gasteiger partial charge in [0.25, 0.3) is 0 Å². The topological polar surface area (TPSA) is 58.6 Å². The van der Waals surface area contributed by atoms with Gasteiger partial charge in [0.05, 0.1) is 12.0 Å². The molecule has 5 nitrogen and oxygen atoms in total. The van der Waals surface area contributed by atoms with E-state index in [-0.39, 0.29) is 0 Å². The zero-order valence-corrected chi connectivity index (χ0v) is 13.7. The van der Waals surface area contributed by atoms with Crippen molar-refractivity contribution in [2.75, 3.05) is 27.2 Å². The van der Waals surface area contributed by atoms with Gasteiger partial charge < -0.3 is 10.1 Å². The van der Waals surface area contributed by atoms with E-state index < -0.39 is 10.0 Å². The minimum absolute atomic E-state index is 0.352. The minimum atomic E-state index is -3.40. The summed E-state index contributed by atoms with van der Waals surface area (Å²) < 4.78 is 32.3. The van der Waals surface area contributed by atoms with Crippen LogP contribution in [0.25, 0.3) is 0 Å². The van der Waals surface area contributed by atoms with Crippen molar-refractivity contribution in [2.45, 2.75) is 31.2 Å². The van der Waals surface area contributed by atoms with Crippen LogP contribution in [0.1, 0.15) is 25.3 Å². The predicted octanol–water partition coefficient (Wildman–Crippen LogP) is 1.84. The molecule has 21 heavy (non-hydrogen) atoms. The van der Waals surface area contributed by atoms with E-state index in [2.05, 4.69) is 12.2 Å². The first kappa shape index (κ1) is 16.3. The predicted molar refractivity (Wildman–Crippen MR) is 82.9 cm³/mol. The van der Waals surface area contributed by atoms with Crippen LogP contribution in [0.2, 0.25) is 0 Å². The smallest absolute Gasteiger partial charge is 0.243 e. The minimum Gasteiger partial charge on any atom is -0.496 e. The highest BCUT2D eigenvalue weighted by atomic mass is 32.2. The summed E-state index contributed by atoms with van der Waals surface area (Å²) in [5.41, 5.74) is 0.854. The molecule has 1 saturated heterocycles. The Morgan fingerprint density at radius 2 is 2.19 bits per heavy atom. The molecule has 1 aromatic rings. The normalized spacial score (nSPS) is 19.9. The van der Waals surface area contributed by atoms with Gasteiger partial charge in [0.2, 0.25) is 10.0 Å². The molecule has 0 radical (unpaired) electrons. The van der Waals surface area contributed by atoms with Crippen molar-refractivity contribution in [1.29, 1.82) is 0 Å². The molecule has 0 bridgehead atoms. The molecule has 6 heteroatoms. The molecular formula is C15H24N2O3S. The molecular weight excluding hydrogens is 288 g/mol. The summed E-state index contributed by atoms with van der Waals surface area (Å²) in [5, 5.41) is 3.03. The zero-order chi connectivity index (χ0) is 15.5. The summed E-state index contributed by atoms with van der Waals surface area (Å²) in [5.74, 6) is 1.19. The van der Waals surface area contributed by atoms with Gasteiger partial charge in [0.15, 0.2) is 0 Å². The molecule has 1 fully saturated rings. The number of hydrogen-bond donors (Lipinski definition) is 1. The van der Waals surface area contributed by atoms with Crippen molar-refractivity contribution in [3.63, 3.8) is 0 Å². The first-order chi connectivity index (χ1) is 10.0. The van der Waals surface area contributed by atoms with E-state index in [0.717, 1.165) is 18.4 Å². The summed E-state index contributed by atoms with van der Waals surface area (Å²) in [6.07, 6.45) is 1.98. The Morgan fingerprint density at radius 1 is 1.43 bits per heavy atom. The highest BCUT2D eigenvalue weighted by Gasteiger charge is 2.32. The van der Waals surface area contributed by atoms with E-state index in [4.69, 9.17) is 4.74 Å². The fourth-order valence-electron chi connectivity index (χ4n) is 2.74. The van der Waals surface area contributed by atoms with Gasteiger partial charge in [-0.1, -0.05) is 13.3 Å². The zero-order valence-electron chi connectivity index (χ0n) is 12.9. The summed E-state index contributed by atoms with van der Waals surface area (Å²) in [4.78, 5) is 0.352. The molecule has 1 heterocycles. The molecule has 1 atom stereocenters. The fourth-order valence-corrected chi connectivity index (χ4v) is 4.32. The van der Waals surface area contributed by atoms with Crippen LogP contribution in [0.4, 0.5) is 0 Å². The third-order valence-electron chi connectivity index (χ3n) is 4.08. The third kappa shape index (κ3) is 3.39. The van der Waals surface area contributed by atoms with E-state index in [9.17, 15) is 8.42 Å². The van der Waals surface area contributed by atoms with Crippen molar-refractivity contribution < 1.29 is 13.2 Å². The maximum atomic E-state index is 12.7.